The third kappa shape index (κ3) is 5.53. The maximum atomic E-state index is 13.7. The summed E-state index contributed by atoms with van der Waals surface area (Å²) in [4.78, 5) is 41.2. The third-order valence-electron chi connectivity index (χ3n) is 7.08. The van der Waals surface area contributed by atoms with Gasteiger partial charge in [-0.25, -0.2) is 5.01 Å². The number of carbonyl (C=O) groups excluding carboxylic acids is 1. The number of aliphatic carboxylic acids is 1. The first-order valence-corrected chi connectivity index (χ1v) is 13.4. The van der Waals surface area contributed by atoms with Crippen LogP contribution in [-0.4, -0.2) is 46.9 Å². The Morgan fingerprint density at radius 2 is 1.76 bits per heavy atom. The van der Waals surface area contributed by atoms with Gasteiger partial charge >= 0.3 is 5.97 Å². The van der Waals surface area contributed by atoms with E-state index in [4.69, 9.17) is 31.3 Å². The molecule has 1 amide bonds. The van der Waals surface area contributed by atoms with Crippen LogP contribution in [0.3, 0.4) is 0 Å². The smallest absolute Gasteiger partial charge is 0.303 e. The van der Waals surface area contributed by atoms with Crippen LogP contribution in [0, 0.1) is 0 Å². The number of hydrogen-bond donors (Lipinski definition) is 2. The molecule has 0 fully saturated rings. The number of hydrazone groups is 1. The number of H-pyrrole nitrogens is 1. The molecule has 0 bridgehead atoms. The molecule has 1 aliphatic heterocycles. The van der Waals surface area contributed by atoms with Crippen LogP contribution >= 0.6 is 11.6 Å². The molecule has 10 heteroatoms. The number of aromatic nitrogens is 1. The standard InChI is InChI=1S/C31H28ClN3O6/c1-40-25-10-5-8-21(30(25)41-2)24-17-23(34-35(24)26(36)11-6-12-27(37)38)29-28(18-13-15-19(32)16-14-18)20-7-3-4-9-22(20)33-31(29)39/h3-5,7-10,13-16,24H,6,11-12,17H2,1-2H3,(H,33,39)(H,37,38)/t24-/m0/s1. The lowest BCUT2D eigenvalue weighted by Gasteiger charge is -2.24. The van der Waals surface area contributed by atoms with Gasteiger partial charge in [0.25, 0.3) is 5.56 Å². The Bertz CT molecular complexity index is 1710. The van der Waals surface area contributed by atoms with E-state index in [2.05, 4.69) is 4.98 Å². The van der Waals surface area contributed by atoms with Crippen LogP contribution in [0.4, 0.5) is 0 Å². The monoisotopic (exact) mass is 573 g/mol. The molecular weight excluding hydrogens is 546 g/mol. The molecule has 0 spiro atoms. The Hall–Kier alpha value is -4.63. The van der Waals surface area contributed by atoms with Crippen molar-refractivity contribution in [3.8, 4) is 22.6 Å². The molecule has 1 atom stereocenters. The minimum Gasteiger partial charge on any atom is -0.493 e. The molecule has 9 nitrogen and oxygen atoms in total. The average molecular weight is 574 g/mol. The SMILES string of the molecule is COc1cccc([C@@H]2CC(c3c(-c4ccc(Cl)cc4)c4ccccc4[nH]c3=O)=NN2C(=O)CCCC(=O)O)c1OC. The predicted octanol–water partition coefficient (Wildman–Crippen LogP) is 5.80. The van der Waals surface area contributed by atoms with E-state index in [0.29, 0.717) is 44.4 Å². The van der Waals surface area contributed by atoms with E-state index in [1.54, 1.807) is 24.3 Å². The highest BCUT2D eigenvalue weighted by Crippen LogP contribution is 2.43. The highest BCUT2D eigenvalue weighted by Gasteiger charge is 2.37. The molecule has 0 radical (unpaired) electrons. The number of hydrogen-bond acceptors (Lipinski definition) is 6. The van der Waals surface area contributed by atoms with Crippen molar-refractivity contribution in [2.75, 3.05) is 14.2 Å². The normalized spacial score (nSPS) is 14.7. The van der Waals surface area contributed by atoms with Crippen molar-refractivity contribution >= 4 is 40.1 Å². The number of carboxylic acids is 1. The number of halogens is 1. The number of benzene rings is 3. The second-order valence-corrected chi connectivity index (χ2v) is 10.0. The van der Waals surface area contributed by atoms with E-state index >= 15 is 0 Å². The lowest BCUT2D eigenvalue weighted by molar-refractivity contribution is -0.137. The zero-order chi connectivity index (χ0) is 29.1. The van der Waals surface area contributed by atoms with Crippen molar-refractivity contribution in [2.24, 2.45) is 5.10 Å². The molecule has 2 N–H and O–H groups in total. The topological polar surface area (TPSA) is 121 Å². The molecule has 0 saturated carbocycles. The van der Waals surface area contributed by atoms with Gasteiger partial charge in [-0.3, -0.25) is 14.4 Å². The molecule has 5 rings (SSSR count). The fourth-order valence-corrected chi connectivity index (χ4v) is 5.37. The summed E-state index contributed by atoms with van der Waals surface area (Å²) in [7, 11) is 3.05. The van der Waals surface area contributed by atoms with E-state index < -0.39 is 12.0 Å². The number of para-hydroxylation sites is 2. The fraction of sp³-hybridized carbons (Fsp3) is 0.226. The quantitative estimate of drug-likeness (QED) is 0.261. The number of ether oxygens (including phenoxy) is 2. The Morgan fingerprint density at radius 1 is 1.00 bits per heavy atom. The predicted molar refractivity (Wildman–Crippen MR) is 157 cm³/mol. The minimum absolute atomic E-state index is 0.0238. The minimum atomic E-state index is -0.982. The third-order valence-corrected chi connectivity index (χ3v) is 7.33. The van der Waals surface area contributed by atoms with Crippen LogP contribution in [0.5, 0.6) is 11.5 Å². The van der Waals surface area contributed by atoms with Crippen molar-refractivity contribution in [1.29, 1.82) is 0 Å². The molecule has 3 aromatic carbocycles. The number of aromatic amines is 1. The van der Waals surface area contributed by atoms with Crippen LogP contribution in [0.15, 0.2) is 76.6 Å². The highest BCUT2D eigenvalue weighted by molar-refractivity contribution is 6.30. The van der Waals surface area contributed by atoms with Crippen LogP contribution in [0.25, 0.3) is 22.0 Å². The number of nitrogens with zero attached hydrogens (tertiary/aromatic N) is 2. The summed E-state index contributed by atoms with van der Waals surface area (Å²) >= 11 is 6.18. The fourth-order valence-electron chi connectivity index (χ4n) is 5.25. The van der Waals surface area contributed by atoms with Crippen molar-refractivity contribution < 1.29 is 24.2 Å². The van der Waals surface area contributed by atoms with Gasteiger partial charge in [-0.05, 0) is 36.2 Å². The summed E-state index contributed by atoms with van der Waals surface area (Å²) < 4.78 is 11.2. The number of amides is 1. The van der Waals surface area contributed by atoms with Crippen LogP contribution in [0.2, 0.25) is 5.02 Å². The van der Waals surface area contributed by atoms with Gasteiger partial charge in [0, 0.05) is 46.3 Å². The van der Waals surface area contributed by atoms with E-state index in [0.717, 1.165) is 10.9 Å². The summed E-state index contributed by atoms with van der Waals surface area (Å²) in [6.07, 6.45) is 0.207. The lowest BCUT2D eigenvalue weighted by atomic mass is 9.90. The largest absolute Gasteiger partial charge is 0.493 e. The molecule has 4 aromatic rings. The van der Waals surface area contributed by atoms with Crippen molar-refractivity contribution in [1.82, 2.24) is 9.99 Å². The van der Waals surface area contributed by atoms with Gasteiger partial charge in [0.05, 0.1) is 31.5 Å². The van der Waals surface area contributed by atoms with Gasteiger partial charge in [0.2, 0.25) is 5.91 Å². The van der Waals surface area contributed by atoms with E-state index in [-0.39, 0.29) is 37.1 Å². The Morgan fingerprint density at radius 3 is 2.46 bits per heavy atom. The van der Waals surface area contributed by atoms with Crippen molar-refractivity contribution in [3.05, 3.63) is 93.2 Å². The Kier molecular flexibility index (Phi) is 8.07. The van der Waals surface area contributed by atoms with E-state index in [9.17, 15) is 14.4 Å². The molecule has 1 aromatic heterocycles. The van der Waals surface area contributed by atoms with Crippen LogP contribution in [0.1, 0.15) is 42.9 Å². The molecule has 0 unspecified atom stereocenters. The molecule has 0 saturated heterocycles. The van der Waals surface area contributed by atoms with Crippen molar-refractivity contribution in [2.45, 2.75) is 31.7 Å². The average Bonchev–Trinajstić information content (AvgIpc) is 3.41. The molecule has 0 aliphatic carbocycles. The Balaban J connectivity index is 1.68. The first-order chi connectivity index (χ1) is 19.8. The van der Waals surface area contributed by atoms with Gasteiger partial charge in [0.15, 0.2) is 11.5 Å². The zero-order valence-electron chi connectivity index (χ0n) is 22.5. The van der Waals surface area contributed by atoms with Crippen LogP contribution < -0.4 is 15.0 Å². The van der Waals surface area contributed by atoms with Gasteiger partial charge in [-0.1, -0.05) is 54.1 Å². The van der Waals surface area contributed by atoms with Crippen LogP contribution in [-0.2, 0) is 9.59 Å². The Labute approximate surface area is 241 Å². The first-order valence-electron chi connectivity index (χ1n) is 13.1. The number of carboxylic acid groups (broad SMARTS) is 1. The molecular formula is C31H28ClN3O6. The summed E-state index contributed by atoms with van der Waals surface area (Å²) in [5.74, 6) is -0.404. The van der Waals surface area contributed by atoms with E-state index in [1.807, 2.05) is 42.5 Å². The summed E-state index contributed by atoms with van der Waals surface area (Å²) in [5, 5.41) is 16.5. The van der Waals surface area contributed by atoms with Gasteiger partial charge in [-0.2, -0.15) is 5.10 Å². The summed E-state index contributed by atoms with van der Waals surface area (Å²) in [6.45, 7) is 0. The maximum Gasteiger partial charge on any atom is 0.303 e. The number of nitrogens with one attached hydrogen (secondary N) is 1. The number of pyridine rings is 1. The van der Waals surface area contributed by atoms with Gasteiger partial charge in [-0.15, -0.1) is 0 Å². The summed E-state index contributed by atoms with van der Waals surface area (Å²) in [6, 6.07) is 19.5. The van der Waals surface area contributed by atoms with Gasteiger partial charge in [0.1, 0.15) is 0 Å². The first kappa shape index (κ1) is 27.9. The van der Waals surface area contributed by atoms with Gasteiger partial charge < -0.3 is 19.6 Å². The second-order valence-electron chi connectivity index (χ2n) is 9.59. The molecule has 2 heterocycles. The number of rotatable bonds is 9. The maximum absolute atomic E-state index is 13.7. The lowest BCUT2D eigenvalue weighted by Crippen LogP contribution is -2.27. The number of methoxy groups -OCH3 is 2. The molecule has 1 aliphatic rings. The van der Waals surface area contributed by atoms with Crippen molar-refractivity contribution in [3.63, 3.8) is 0 Å². The summed E-state index contributed by atoms with van der Waals surface area (Å²) in [5.41, 5.74) is 3.19. The molecule has 41 heavy (non-hydrogen) atoms. The highest BCUT2D eigenvalue weighted by atomic mass is 35.5. The zero-order valence-corrected chi connectivity index (χ0v) is 23.3. The molecule has 210 valence electrons. The second kappa shape index (κ2) is 11.9. The number of carbonyl (C=O) groups is 2. The van der Waals surface area contributed by atoms with E-state index in [1.165, 1.54) is 19.2 Å². The number of fused-ring (bicyclic) bond motifs is 1.